The number of hydrogen-bond donors (Lipinski definition) is 0. The quantitative estimate of drug-likeness (QED) is 0.189. The molecule has 50 heavy (non-hydrogen) atoms. The second-order valence-electron chi connectivity index (χ2n) is 14.4. The number of aromatic nitrogens is 2. The zero-order valence-electron chi connectivity index (χ0n) is 27.9. The third-order valence-electron chi connectivity index (χ3n) is 11.3. The Morgan fingerprint density at radius 3 is 1.90 bits per heavy atom. The van der Waals surface area contributed by atoms with E-state index in [4.69, 9.17) is 4.98 Å². The SMILES string of the molecule is CC1(C)c2ccccc2-c2ccc(-c3ccc4c(c3)c3cc(-c5cc6cccc7c6c(n5)-c5ccccc5-7)ccc3n4-c3ccccc3)cc21. The summed E-state index contributed by atoms with van der Waals surface area (Å²) in [4.78, 5) is 5.36. The van der Waals surface area contributed by atoms with Crippen LogP contribution < -0.4 is 0 Å². The van der Waals surface area contributed by atoms with Crippen LogP contribution in [0.25, 0.3) is 94.2 Å². The van der Waals surface area contributed by atoms with Crippen LogP contribution in [-0.2, 0) is 5.41 Å². The predicted octanol–water partition coefficient (Wildman–Crippen LogP) is 12.6. The van der Waals surface area contributed by atoms with Crippen molar-refractivity contribution in [2.75, 3.05) is 0 Å². The van der Waals surface area contributed by atoms with E-state index in [2.05, 4.69) is 176 Å². The normalized spacial score (nSPS) is 13.6. The minimum Gasteiger partial charge on any atom is -0.309 e. The lowest BCUT2D eigenvalue weighted by Gasteiger charge is -2.22. The summed E-state index contributed by atoms with van der Waals surface area (Å²) in [5.74, 6) is 0. The van der Waals surface area contributed by atoms with Crippen LogP contribution in [0.3, 0.4) is 0 Å². The van der Waals surface area contributed by atoms with E-state index in [1.807, 2.05) is 0 Å². The van der Waals surface area contributed by atoms with Crippen molar-refractivity contribution in [1.29, 1.82) is 0 Å². The van der Waals surface area contributed by atoms with Crippen LogP contribution in [0.1, 0.15) is 25.0 Å². The lowest BCUT2D eigenvalue weighted by Crippen LogP contribution is -2.14. The molecule has 0 saturated carbocycles. The molecule has 2 aliphatic carbocycles. The average Bonchev–Trinajstić information content (AvgIpc) is 3.75. The van der Waals surface area contributed by atoms with Crippen molar-refractivity contribution < 1.29 is 0 Å². The molecule has 2 aliphatic rings. The Bertz CT molecular complexity index is 2890. The third-order valence-corrected chi connectivity index (χ3v) is 11.3. The van der Waals surface area contributed by atoms with Gasteiger partial charge in [-0.15, -0.1) is 0 Å². The second-order valence-corrected chi connectivity index (χ2v) is 14.4. The van der Waals surface area contributed by atoms with Crippen molar-refractivity contribution in [3.8, 4) is 61.6 Å². The summed E-state index contributed by atoms with van der Waals surface area (Å²) in [6.45, 7) is 4.71. The molecule has 2 heteroatoms. The van der Waals surface area contributed by atoms with Gasteiger partial charge in [-0.05, 0) is 98.4 Å². The van der Waals surface area contributed by atoms with E-state index in [0.717, 1.165) is 22.6 Å². The summed E-state index contributed by atoms with van der Waals surface area (Å²) < 4.78 is 2.40. The van der Waals surface area contributed by atoms with Crippen LogP contribution in [0.4, 0.5) is 0 Å². The molecule has 9 aromatic rings. The van der Waals surface area contributed by atoms with E-state index in [-0.39, 0.29) is 5.41 Å². The fraction of sp³-hybridized carbons (Fsp3) is 0.0625. The highest BCUT2D eigenvalue weighted by Gasteiger charge is 2.35. The van der Waals surface area contributed by atoms with Gasteiger partial charge in [0.05, 0.1) is 22.4 Å². The summed E-state index contributed by atoms with van der Waals surface area (Å²) in [5, 5.41) is 4.95. The van der Waals surface area contributed by atoms with Gasteiger partial charge in [-0.25, -0.2) is 4.98 Å². The topological polar surface area (TPSA) is 17.8 Å². The fourth-order valence-electron chi connectivity index (χ4n) is 8.90. The summed E-state index contributed by atoms with van der Waals surface area (Å²) in [5.41, 5.74) is 18.5. The molecular formula is C48H32N2. The van der Waals surface area contributed by atoms with E-state index >= 15 is 0 Å². The maximum absolute atomic E-state index is 5.36. The molecule has 0 fully saturated rings. The molecule has 0 N–H and O–H groups in total. The Kier molecular flexibility index (Phi) is 5.48. The molecule has 7 aromatic carbocycles. The molecule has 2 nitrogen and oxygen atoms in total. The van der Waals surface area contributed by atoms with Crippen molar-refractivity contribution in [3.05, 3.63) is 169 Å². The van der Waals surface area contributed by atoms with Gasteiger partial charge in [0.2, 0.25) is 0 Å². The standard InChI is InChI=1S/C48H32N2/c1-48(2)41-18-9-8-15-35(41)36-22-19-30(27-42(36)48)29-20-23-44-39(25-29)40-26-31(21-24-45(40)50(44)33-12-4-3-5-13-33)43-28-32-11-10-17-37-34-14-6-7-16-38(34)47(49-43)46(32)37/h3-28H,1-2H3. The molecule has 2 aromatic heterocycles. The molecule has 0 radical (unpaired) electrons. The van der Waals surface area contributed by atoms with Crippen molar-refractivity contribution in [3.63, 3.8) is 0 Å². The smallest absolute Gasteiger partial charge is 0.0800 e. The number of pyridine rings is 1. The maximum atomic E-state index is 5.36. The third kappa shape index (κ3) is 3.71. The molecule has 0 bridgehead atoms. The predicted molar refractivity (Wildman–Crippen MR) is 209 cm³/mol. The Morgan fingerprint density at radius 1 is 0.460 bits per heavy atom. The Morgan fingerprint density at radius 2 is 1.08 bits per heavy atom. The molecule has 0 aliphatic heterocycles. The lowest BCUT2D eigenvalue weighted by atomic mass is 9.81. The highest BCUT2D eigenvalue weighted by molar-refractivity contribution is 6.15. The molecule has 234 valence electrons. The van der Waals surface area contributed by atoms with Gasteiger partial charge in [0.1, 0.15) is 0 Å². The molecule has 0 saturated heterocycles. The molecule has 0 amide bonds. The van der Waals surface area contributed by atoms with E-state index < -0.39 is 0 Å². The van der Waals surface area contributed by atoms with Crippen molar-refractivity contribution in [1.82, 2.24) is 9.55 Å². The largest absolute Gasteiger partial charge is 0.309 e. The average molecular weight is 637 g/mol. The van der Waals surface area contributed by atoms with E-state index in [0.29, 0.717) is 0 Å². The molecule has 0 atom stereocenters. The number of fused-ring (bicyclic) bond motifs is 9. The Hall–Kier alpha value is -6.25. The van der Waals surface area contributed by atoms with Gasteiger partial charge in [0, 0.05) is 38.4 Å². The minimum atomic E-state index is -0.0429. The highest BCUT2D eigenvalue weighted by Crippen LogP contribution is 2.50. The number of para-hydroxylation sites is 1. The van der Waals surface area contributed by atoms with Gasteiger partial charge in [0.15, 0.2) is 0 Å². The first-order valence-electron chi connectivity index (χ1n) is 17.5. The van der Waals surface area contributed by atoms with Crippen LogP contribution >= 0.6 is 0 Å². The summed E-state index contributed by atoms with van der Waals surface area (Å²) in [6, 6.07) is 58.0. The highest BCUT2D eigenvalue weighted by atomic mass is 15.0. The summed E-state index contributed by atoms with van der Waals surface area (Å²) >= 11 is 0. The number of rotatable bonds is 3. The van der Waals surface area contributed by atoms with E-state index in [1.165, 1.54) is 82.6 Å². The fourth-order valence-corrected chi connectivity index (χ4v) is 8.90. The van der Waals surface area contributed by atoms with Gasteiger partial charge >= 0.3 is 0 Å². The maximum Gasteiger partial charge on any atom is 0.0800 e. The summed E-state index contributed by atoms with van der Waals surface area (Å²) in [7, 11) is 0. The minimum absolute atomic E-state index is 0.0429. The van der Waals surface area contributed by atoms with Crippen LogP contribution in [-0.4, -0.2) is 9.55 Å². The van der Waals surface area contributed by atoms with Crippen LogP contribution in [0.15, 0.2) is 158 Å². The first-order chi connectivity index (χ1) is 24.5. The molecule has 0 unspecified atom stereocenters. The van der Waals surface area contributed by atoms with Crippen molar-refractivity contribution >= 4 is 32.6 Å². The monoisotopic (exact) mass is 636 g/mol. The van der Waals surface area contributed by atoms with Gasteiger partial charge in [-0.1, -0.05) is 123 Å². The van der Waals surface area contributed by atoms with Gasteiger partial charge in [-0.2, -0.15) is 0 Å². The van der Waals surface area contributed by atoms with Crippen LogP contribution in [0.2, 0.25) is 0 Å². The van der Waals surface area contributed by atoms with Crippen molar-refractivity contribution in [2.45, 2.75) is 19.3 Å². The second kappa shape index (κ2) is 9.90. The van der Waals surface area contributed by atoms with E-state index in [9.17, 15) is 0 Å². The molecule has 2 heterocycles. The first kappa shape index (κ1) is 27.7. The van der Waals surface area contributed by atoms with E-state index in [1.54, 1.807) is 0 Å². The zero-order chi connectivity index (χ0) is 33.1. The molecule has 0 spiro atoms. The zero-order valence-corrected chi connectivity index (χ0v) is 27.9. The molecule has 11 rings (SSSR count). The lowest BCUT2D eigenvalue weighted by molar-refractivity contribution is 0.660. The Labute approximate surface area is 290 Å². The van der Waals surface area contributed by atoms with Crippen LogP contribution in [0.5, 0.6) is 0 Å². The van der Waals surface area contributed by atoms with Gasteiger partial charge < -0.3 is 4.57 Å². The van der Waals surface area contributed by atoms with Gasteiger partial charge in [0.25, 0.3) is 0 Å². The van der Waals surface area contributed by atoms with Crippen molar-refractivity contribution in [2.24, 2.45) is 0 Å². The molecular weight excluding hydrogens is 605 g/mol. The number of nitrogens with zero attached hydrogens (tertiary/aromatic N) is 2. The van der Waals surface area contributed by atoms with Crippen LogP contribution in [0, 0.1) is 0 Å². The first-order valence-corrected chi connectivity index (χ1v) is 17.5. The van der Waals surface area contributed by atoms with Gasteiger partial charge in [-0.3, -0.25) is 0 Å². The Balaban J connectivity index is 1.12. The number of benzene rings is 7. The summed E-state index contributed by atoms with van der Waals surface area (Å²) in [6.07, 6.45) is 0. The number of hydrogen-bond acceptors (Lipinski definition) is 1.